The Bertz CT molecular complexity index is 1220. The maximum Gasteiger partial charge on any atom is 0.418 e. The zero-order valence-electron chi connectivity index (χ0n) is 16.3. The number of hydrogen-bond donors (Lipinski definition) is 1. The first-order valence-electron chi connectivity index (χ1n) is 9.24. The summed E-state index contributed by atoms with van der Waals surface area (Å²) in [5, 5.41) is 8.19. The first kappa shape index (κ1) is 21.4. The fourth-order valence-electron chi connectivity index (χ4n) is 2.93. The van der Waals surface area contributed by atoms with E-state index in [1.54, 1.807) is 35.1 Å². The Hall–Kier alpha value is -2.81. The molecule has 1 unspecified atom stereocenters. The molecule has 0 saturated carbocycles. The zero-order chi connectivity index (χ0) is 21.8. The molecule has 0 spiro atoms. The van der Waals surface area contributed by atoms with E-state index in [-0.39, 0.29) is 11.3 Å². The van der Waals surface area contributed by atoms with Crippen molar-refractivity contribution in [3.05, 3.63) is 71.4 Å². The molecular formula is C21H17Cl2N5O2S. The molecule has 2 heterocycles. The molecule has 10 heteroatoms. The van der Waals surface area contributed by atoms with Crippen LogP contribution >= 0.6 is 35.0 Å². The molecule has 0 fully saturated rings. The molecule has 31 heavy (non-hydrogen) atoms. The Morgan fingerprint density at radius 1 is 1.19 bits per heavy atom. The summed E-state index contributed by atoms with van der Waals surface area (Å²) < 4.78 is 7.16. The topological polar surface area (TPSA) is 81.9 Å². The van der Waals surface area contributed by atoms with E-state index in [0.717, 1.165) is 5.56 Å². The molecular weight excluding hydrogens is 457 g/mol. The molecule has 0 aliphatic rings. The zero-order valence-corrected chi connectivity index (χ0v) is 18.7. The van der Waals surface area contributed by atoms with Crippen molar-refractivity contribution < 1.29 is 9.53 Å². The van der Waals surface area contributed by atoms with Gasteiger partial charge < -0.3 is 4.74 Å². The number of nitrogens with one attached hydrogen (secondary N) is 1. The van der Waals surface area contributed by atoms with Crippen LogP contribution in [0.3, 0.4) is 0 Å². The minimum atomic E-state index is -0.693. The van der Waals surface area contributed by atoms with Crippen LogP contribution < -0.4 is 10.1 Å². The third kappa shape index (κ3) is 5.10. The fourth-order valence-corrected chi connectivity index (χ4v) is 3.75. The van der Waals surface area contributed by atoms with Gasteiger partial charge >= 0.3 is 6.09 Å². The predicted molar refractivity (Wildman–Crippen MR) is 123 cm³/mol. The van der Waals surface area contributed by atoms with Crippen molar-refractivity contribution in [2.24, 2.45) is 0 Å². The van der Waals surface area contributed by atoms with Crippen LogP contribution in [0.25, 0.3) is 11.0 Å². The second-order valence-corrected chi connectivity index (χ2v) is 8.22. The highest BCUT2D eigenvalue weighted by Gasteiger charge is 2.19. The number of rotatable bonds is 6. The third-order valence-electron chi connectivity index (χ3n) is 4.38. The molecule has 7 nitrogen and oxygen atoms in total. The van der Waals surface area contributed by atoms with Crippen molar-refractivity contribution in [1.29, 1.82) is 0 Å². The first-order valence-corrected chi connectivity index (χ1v) is 11.3. The van der Waals surface area contributed by atoms with Crippen LogP contribution in [0.5, 0.6) is 5.88 Å². The lowest BCUT2D eigenvalue weighted by Crippen LogP contribution is -2.17. The predicted octanol–water partition coefficient (Wildman–Crippen LogP) is 5.79. The van der Waals surface area contributed by atoms with Crippen molar-refractivity contribution in [3.8, 4) is 5.88 Å². The number of anilines is 1. The third-order valence-corrected chi connectivity index (χ3v) is 5.55. The van der Waals surface area contributed by atoms with E-state index in [1.807, 2.05) is 36.6 Å². The normalized spacial score (nSPS) is 12.0. The molecule has 4 aromatic rings. The number of aromatic nitrogens is 4. The number of thioether (sulfide) groups is 1. The van der Waals surface area contributed by atoms with Gasteiger partial charge in [-0.3, -0.25) is 5.32 Å². The second-order valence-electron chi connectivity index (χ2n) is 6.48. The second kappa shape index (κ2) is 9.55. The summed E-state index contributed by atoms with van der Waals surface area (Å²) in [6, 6.07) is 16.5. The Morgan fingerprint density at radius 3 is 2.74 bits per heavy atom. The Morgan fingerprint density at radius 2 is 2.00 bits per heavy atom. The van der Waals surface area contributed by atoms with Gasteiger partial charge in [-0.05, 0) is 30.0 Å². The van der Waals surface area contributed by atoms with Crippen molar-refractivity contribution in [2.45, 2.75) is 17.1 Å². The highest BCUT2D eigenvalue weighted by Crippen LogP contribution is 2.28. The van der Waals surface area contributed by atoms with E-state index >= 15 is 0 Å². The average Bonchev–Trinajstić information content (AvgIpc) is 3.17. The summed E-state index contributed by atoms with van der Waals surface area (Å²) in [5.74, 6) is 0.117. The van der Waals surface area contributed by atoms with E-state index in [2.05, 4.69) is 20.4 Å². The summed E-state index contributed by atoms with van der Waals surface area (Å²) in [7, 11) is 0. The van der Waals surface area contributed by atoms with E-state index in [9.17, 15) is 4.79 Å². The van der Waals surface area contributed by atoms with Crippen LogP contribution in [0.4, 0.5) is 10.5 Å². The number of carbonyl (C=O) groups excluding carboxylic acids is 1. The molecule has 0 saturated heterocycles. The molecule has 1 N–H and O–H groups in total. The number of hydrogen-bond acceptors (Lipinski definition) is 6. The number of halogens is 2. The summed E-state index contributed by atoms with van der Waals surface area (Å²) in [5.41, 5.74) is 2.02. The number of alkyl halides is 1. The molecule has 2 aromatic carbocycles. The summed E-state index contributed by atoms with van der Waals surface area (Å²) >= 11 is 13.9. The van der Waals surface area contributed by atoms with E-state index in [4.69, 9.17) is 27.9 Å². The van der Waals surface area contributed by atoms with Gasteiger partial charge in [-0.15, -0.1) is 11.6 Å². The van der Waals surface area contributed by atoms with Crippen LogP contribution in [0, 0.1) is 0 Å². The van der Waals surface area contributed by atoms with Crippen molar-refractivity contribution in [2.75, 3.05) is 11.6 Å². The first-order chi connectivity index (χ1) is 15.0. The SMILES string of the molecule is CSc1nc(OC(=O)Nc2cccc(Cl)c2)c2cnn(CC(Cl)c3ccccc3)c2n1. The number of amides is 1. The number of ether oxygens (including phenoxy) is 1. The molecule has 0 aliphatic carbocycles. The van der Waals surface area contributed by atoms with Gasteiger partial charge in [-0.1, -0.05) is 59.8 Å². The van der Waals surface area contributed by atoms with Gasteiger partial charge in [-0.25, -0.2) is 14.5 Å². The van der Waals surface area contributed by atoms with Gasteiger partial charge in [0.05, 0.1) is 18.1 Å². The van der Waals surface area contributed by atoms with Gasteiger partial charge in [0, 0.05) is 10.7 Å². The standard InChI is InChI=1S/C21H17Cl2N5O2S/c1-31-20-26-18-16(11-24-28(18)12-17(23)13-6-3-2-4-7-13)19(27-20)30-21(29)25-15-9-5-8-14(22)10-15/h2-11,17H,12H2,1H3,(H,25,29). The van der Waals surface area contributed by atoms with Gasteiger partial charge in [0.15, 0.2) is 10.8 Å². The fraction of sp³-hybridized carbons (Fsp3) is 0.143. The molecule has 0 aliphatic heterocycles. The number of benzene rings is 2. The highest BCUT2D eigenvalue weighted by molar-refractivity contribution is 7.98. The minimum Gasteiger partial charge on any atom is -0.390 e. The lowest BCUT2D eigenvalue weighted by Gasteiger charge is -2.11. The number of fused-ring (bicyclic) bond motifs is 1. The van der Waals surface area contributed by atoms with E-state index < -0.39 is 6.09 Å². The number of nitrogens with zero attached hydrogens (tertiary/aromatic N) is 4. The van der Waals surface area contributed by atoms with Gasteiger partial charge in [0.2, 0.25) is 5.88 Å². The largest absolute Gasteiger partial charge is 0.418 e. The highest BCUT2D eigenvalue weighted by atomic mass is 35.5. The summed E-state index contributed by atoms with van der Waals surface area (Å²) in [4.78, 5) is 21.3. The molecule has 4 rings (SSSR count). The molecule has 0 bridgehead atoms. The van der Waals surface area contributed by atoms with Crippen LogP contribution in [0.2, 0.25) is 5.02 Å². The smallest absolute Gasteiger partial charge is 0.390 e. The maximum absolute atomic E-state index is 12.4. The Balaban J connectivity index is 1.59. The minimum absolute atomic E-state index is 0.117. The maximum atomic E-state index is 12.4. The lowest BCUT2D eigenvalue weighted by molar-refractivity contribution is 0.213. The number of carbonyl (C=O) groups is 1. The van der Waals surface area contributed by atoms with Crippen molar-refractivity contribution >= 4 is 57.8 Å². The Kier molecular flexibility index (Phi) is 6.60. The van der Waals surface area contributed by atoms with Gasteiger partial charge in [0.25, 0.3) is 0 Å². The molecule has 158 valence electrons. The van der Waals surface area contributed by atoms with Crippen molar-refractivity contribution in [3.63, 3.8) is 0 Å². The van der Waals surface area contributed by atoms with Crippen LogP contribution in [-0.4, -0.2) is 32.1 Å². The van der Waals surface area contributed by atoms with Crippen molar-refractivity contribution in [1.82, 2.24) is 19.7 Å². The average molecular weight is 474 g/mol. The monoisotopic (exact) mass is 473 g/mol. The van der Waals surface area contributed by atoms with Crippen LogP contribution in [0.1, 0.15) is 10.9 Å². The molecule has 2 aromatic heterocycles. The lowest BCUT2D eigenvalue weighted by atomic mass is 10.1. The summed E-state index contributed by atoms with van der Waals surface area (Å²) in [6.07, 6.45) is 2.71. The Labute approximate surface area is 192 Å². The quantitative estimate of drug-likeness (QED) is 0.216. The summed E-state index contributed by atoms with van der Waals surface area (Å²) in [6.45, 7) is 0.397. The van der Waals surface area contributed by atoms with Crippen LogP contribution in [0.15, 0.2) is 66.0 Å². The van der Waals surface area contributed by atoms with Crippen LogP contribution in [-0.2, 0) is 6.54 Å². The van der Waals surface area contributed by atoms with Gasteiger partial charge in [-0.2, -0.15) is 10.1 Å². The van der Waals surface area contributed by atoms with E-state index in [0.29, 0.717) is 33.4 Å². The molecule has 0 radical (unpaired) electrons. The molecule has 1 amide bonds. The van der Waals surface area contributed by atoms with Gasteiger partial charge in [0.1, 0.15) is 5.39 Å². The molecule has 1 atom stereocenters. The van der Waals surface area contributed by atoms with E-state index in [1.165, 1.54) is 11.8 Å².